The number of hydrogen-bond acceptors (Lipinski definition) is 2. The largest absolute Gasteiger partial charge is 0.393 e. The van der Waals surface area contributed by atoms with Gasteiger partial charge >= 0.3 is 0 Å². The van der Waals surface area contributed by atoms with Crippen molar-refractivity contribution in [3.63, 3.8) is 0 Å². The van der Waals surface area contributed by atoms with Crippen LogP contribution in [0.1, 0.15) is 45.4 Å². The Bertz CT molecular complexity index is 193. The summed E-state index contributed by atoms with van der Waals surface area (Å²) in [6.07, 6.45) is 5.85. The van der Waals surface area contributed by atoms with Crippen LogP contribution in [0.4, 0.5) is 0 Å². The Morgan fingerprint density at radius 3 is 2.69 bits per heavy atom. The molecule has 2 aliphatic carbocycles. The van der Waals surface area contributed by atoms with Gasteiger partial charge in [-0.15, -0.1) is 0 Å². The third kappa shape index (κ3) is 1.50. The fourth-order valence-corrected chi connectivity index (χ4v) is 3.17. The fraction of sp³-hybridized carbons (Fsp3) is 1.00. The number of aliphatic hydroxyl groups is 2. The first-order valence-corrected chi connectivity index (χ1v) is 5.49. The van der Waals surface area contributed by atoms with E-state index in [1.807, 2.05) is 0 Å². The first-order valence-electron chi connectivity index (χ1n) is 5.49. The molecule has 0 unspecified atom stereocenters. The van der Waals surface area contributed by atoms with Crippen LogP contribution in [0.25, 0.3) is 0 Å². The van der Waals surface area contributed by atoms with Gasteiger partial charge in [-0.05, 0) is 43.4 Å². The van der Waals surface area contributed by atoms with Gasteiger partial charge in [0.1, 0.15) is 0 Å². The van der Waals surface area contributed by atoms with E-state index in [9.17, 15) is 10.2 Å². The molecule has 0 aromatic rings. The lowest BCUT2D eigenvalue weighted by molar-refractivity contribution is -0.0912. The molecule has 0 spiro atoms. The summed E-state index contributed by atoms with van der Waals surface area (Å²) in [4.78, 5) is 0. The van der Waals surface area contributed by atoms with Crippen LogP contribution in [-0.2, 0) is 0 Å². The summed E-state index contributed by atoms with van der Waals surface area (Å²) in [7, 11) is 0. The Kier molecular flexibility index (Phi) is 2.37. The van der Waals surface area contributed by atoms with Crippen molar-refractivity contribution >= 4 is 0 Å². The number of hydrogen-bond donors (Lipinski definition) is 2. The third-order valence-corrected chi connectivity index (χ3v) is 4.30. The summed E-state index contributed by atoms with van der Waals surface area (Å²) in [6.45, 7) is 2.20. The first-order chi connectivity index (χ1) is 6.13. The summed E-state index contributed by atoms with van der Waals surface area (Å²) in [6, 6.07) is 0. The number of fused-ring (bicyclic) bond motifs is 1. The van der Waals surface area contributed by atoms with E-state index in [2.05, 4.69) is 6.92 Å². The molecule has 0 radical (unpaired) electrons. The summed E-state index contributed by atoms with van der Waals surface area (Å²) in [5.41, 5.74) is 0.109. The van der Waals surface area contributed by atoms with Crippen LogP contribution in [0.3, 0.4) is 0 Å². The SMILES string of the molecule is C[C@]12CC[C@H](O)C[C@@H]1CCC[C@@H]2O. The molecule has 0 heterocycles. The predicted octanol–water partition coefficient (Wildman–Crippen LogP) is 1.70. The van der Waals surface area contributed by atoms with E-state index in [1.54, 1.807) is 0 Å². The van der Waals surface area contributed by atoms with E-state index < -0.39 is 0 Å². The molecular formula is C11H20O2. The maximum Gasteiger partial charge on any atom is 0.0596 e. The molecule has 0 amide bonds. The number of rotatable bonds is 0. The molecule has 2 nitrogen and oxygen atoms in total. The number of aliphatic hydroxyl groups excluding tert-OH is 2. The van der Waals surface area contributed by atoms with E-state index in [0.29, 0.717) is 5.92 Å². The van der Waals surface area contributed by atoms with Gasteiger partial charge in [0, 0.05) is 0 Å². The van der Waals surface area contributed by atoms with Crippen LogP contribution in [0, 0.1) is 11.3 Å². The normalized spacial score (nSPS) is 51.5. The van der Waals surface area contributed by atoms with Crippen molar-refractivity contribution in [3.05, 3.63) is 0 Å². The molecule has 0 aromatic carbocycles. The highest BCUT2D eigenvalue weighted by Crippen LogP contribution is 2.50. The lowest BCUT2D eigenvalue weighted by Gasteiger charge is -2.49. The van der Waals surface area contributed by atoms with Crippen molar-refractivity contribution < 1.29 is 10.2 Å². The molecule has 2 saturated carbocycles. The quantitative estimate of drug-likeness (QED) is 0.601. The van der Waals surface area contributed by atoms with Crippen molar-refractivity contribution in [2.24, 2.45) is 11.3 Å². The van der Waals surface area contributed by atoms with E-state index >= 15 is 0 Å². The zero-order valence-electron chi connectivity index (χ0n) is 8.37. The van der Waals surface area contributed by atoms with Gasteiger partial charge in [0.05, 0.1) is 12.2 Å². The van der Waals surface area contributed by atoms with Crippen LogP contribution in [0.2, 0.25) is 0 Å². The van der Waals surface area contributed by atoms with Crippen LogP contribution in [0.5, 0.6) is 0 Å². The van der Waals surface area contributed by atoms with Crippen molar-refractivity contribution in [2.45, 2.75) is 57.7 Å². The molecule has 0 saturated heterocycles. The van der Waals surface area contributed by atoms with Crippen LogP contribution >= 0.6 is 0 Å². The molecule has 0 aliphatic heterocycles. The third-order valence-electron chi connectivity index (χ3n) is 4.30. The monoisotopic (exact) mass is 184 g/mol. The second-order valence-electron chi connectivity index (χ2n) is 5.08. The Balaban J connectivity index is 2.13. The average molecular weight is 184 g/mol. The Morgan fingerprint density at radius 2 is 1.92 bits per heavy atom. The van der Waals surface area contributed by atoms with Gasteiger partial charge in [-0.2, -0.15) is 0 Å². The van der Waals surface area contributed by atoms with E-state index in [-0.39, 0.29) is 17.6 Å². The standard InChI is InChI=1S/C11H20O2/c1-11-6-5-9(12)7-8(11)3-2-4-10(11)13/h8-10,12-13H,2-7H2,1H3/t8-,9-,10-,11-/m0/s1. The maximum absolute atomic E-state index is 9.97. The van der Waals surface area contributed by atoms with Gasteiger partial charge in [0.2, 0.25) is 0 Å². The van der Waals surface area contributed by atoms with Gasteiger partial charge in [0.15, 0.2) is 0 Å². The Labute approximate surface area is 80.0 Å². The Hall–Kier alpha value is -0.0800. The van der Waals surface area contributed by atoms with Crippen LogP contribution in [0.15, 0.2) is 0 Å². The lowest BCUT2D eigenvalue weighted by Crippen LogP contribution is -2.47. The molecule has 13 heavy (non-hydrogen) atoms. The van der Waals surface area contributed by atoms with Crippen LogP contribution < -0.4 is 0 Å². The highest BCUT2D eigenvalue weighted by molar-refractivity contribution is 4.96. The van der Waals surface area contributed by atoms with Gasteiger partial charge in [-0.3, -0.25) is 0 Å². The minimum atomic E-state index is -0.126. The second kappa shape index (κ2) is 3.25. The molecular weight excluding hydrogens is 164 g/mol. The highest BCUT2D eigenvalue weighted by Gasteiger charge is 2.46. The minimum absolute atomic E-state index is 0.108. The molecule has 2 heteroatoms. The van der Waals surface area contributed by atoms with Crippen molar-refractivity contribution in [3.8, 4) is 0 Å². The first kappa shape index (κ1) is 9.47. The Morgan fingerprint density at radius 1 is 1.15 bits per heavy atom. The summed E-state index contributed by atoms with van der Waals surface area (Å²) in [5.74, 6) is 0.556. The van der Waals surface area contributed by atoms with Crippen molar-refractivity contribution in [1.29, 1.82) is 0 Å². The summed E-state index contributed by atoms with van der Waals surface area (Å²) >= 11 is 0. The fourth-order valence-electron chi connectivity index (χ4n) is 3.17. The predicted molar refractivity (Wildman–Crippen MR) is 51.3 cm³/mol. The highest BCUT2D eigenvalue weighted by atomic mass is 16.3. The van der Waals surface area contributed by atoms with Gasteiger partial charge < -0.3 is 10.2 Å². The molecule has 2 fully saturated rings. The van der Waals surface area contributed by atoms with Gasteiger partial charge in [-0.25, -0.2) is 0 Å². The molecule has 2 rings (SSSR count). The summed E-state index contributed by atoms with van der Waals surface area (Å²) in [5, 5.41) is 19.5. The van der Waals surface area contributed by atoms with Crippen LogP contribution in [-0.4, -0.2) is 22.4 Å². The molecule has 2 N–H and O–H groups in total. The van der Waals surface area contributed by atoms with E-state index in [0.717, 1.165) is 32.1 Å². The van der Waals surface area contributed by atoms with Gasteiger partial charge in [-0.1, -0.05) is 13.3 Å². The van der Waals surface area contributed by atoms with Crippen molar-refractivity contribution in [1.82, 2.24) is 0 Å². The maximum atomic E-state index is 9.97. The molecule has 2 aliphatic rings. The topological polar surface area (TPSA) is 40.5 Å². The molecule has 0 bridgehead atoms. The molecule has 4 atom stereocenters. The van der Waals surface area contributed by atoms with E-state index in [4.69, 9.17) is 0 Å². The summed E-state index contributed by atoms with van der Waals surface area (Å²) < 4.78 is 0. The smallest absolute Gasteiger partial charge is 0.0596 e. The molecule has 76 valence electrons. The van der Waals surface area contributed by atoms with Crippen molar-refractivity contribution in [2.75, 3.05) is 0 Å². The zero-order valence-corrected chi connectivity index (χ0v) is 8.37. The lowest BCUT2D eigenvalue weighted by atomic mass is 9.58. The van der Waals surface area contributed by atoms with E-state index in [1.165, 1.54) is 6.42 Å². The second-order valence-corrected chi connectivity index (χ2v) is 5.08. The molecule has 0 aromatic heterocycles. The average Bonchev–Trinajstić information content (AvgIpc) is 2.09. The zero-order chi connectivity index (χ0) is 9.47. The minimum Gasteiger partial charge on any atom is -0.393 e. The van der Waals surface area contributed by atoms with Gasteiger partial charge in [0.25, 0.3) is 0 Å².